The molecule has 2 aromatic rings. The van der Waals surface area contributed by atoms with Crippen LogP contribution in [0.1, 0.15) is 29.8 Å². The number of hydrogen-bond acceptors (Lipinski definition) is 2. The maximum atomic E-state index is 12.8. The minimum Gasteiger partial charge on any atom is -0.484 e. The van der Waals surface area contributed by atoms with Gasteiger partial charge in [0.15, 0.2) is 0 Å². The summed E-state index contributed by atoms with van der Waals surface area (Å²) >= 11 is 0. The lowest BCUT2D eigenvalue weighted by molar-refractivity contribution is 0.0837. The van der Waals surface area contributed by atoms with Gasteiger partial charge in [0, 0.05) is 5.56 Å². The highest BCUT2D eigenvalue weighted by Crippen LogP contribution is 2.37. The highest BCUT2D eigenvalue weighted by Gasteiger charge is 2.34. The number of ether oxygens (including phenoxy) is 1. The Kier molecular flexibility index (Phi) is 3.20. The molecule has 0 aliphatic carbocycles. The van der Waals surface area contributed by atoms with Gasteiger partial charge in [0.05, 0.1) is 12.2 Å². The average Bonchev–Trinajstić information content (AvgIpc) is 2.45. The fourth-order valence-electron chi connectivity index (χ4n) is 2.60. The van der Waals surface area contributed by atoms with Crippen molar-refractivity contribution in [2.45, 2.75) is 26.4 Å². The summed E-state index contributed by atoms with van der Waals surface area (Å²) in [4.78, 5) is 14.6. The molecular formula is C18H19NO2. The third kappa shape index (κ3) is 2.64. The topological polar surface area (TPSA) is 29.5 Å². The minimum absolute atomic E-state index is 0.0128. The van der Waals surface area contributed by atoms with E-state index in [4.69, 9.17) is 4.74 Å². The Morgan fingerprint density at radius 1 is 1.10 bits per heavy atom. The molecule has 2 aromatic carbocycles. The minimum atomic E-state index is -0.394. The van der Waals surface area contributed by atoms with Gasteiger partial charge in [-0.3, -0.25) is 4.79 Å². The van der Waals surface area contributed by atoms with Crippen molar-refractivity contribution in [3.8, 4) is 5.75 Å². The largest absolute Gasteiger partial charge is 0.484 e. The van der Waals surface area contributed by atoms with E-state index in [0.29, 0.717) is 12.1 Å². The fraction of sp³-hybridized carbons (Fsp3) is 0.278. The van der Waals surface area contributed by atoms with Gasteiger partial charge in [0.2, 0.25) is 0 Å². The third-order valence-electron chi connectivity index (χ3n) is 3.62. The zero-order chi connectivity index (χ0) is 15.0. The predicted octanol–water partition coefficient (Wildman–Crippen LogP) is 3.81. The fourth-order valence-corrected chi connectivity index (χ4v) is 2.60. The van der Waals surface area contributed by atoms with E-state index in [2.05, 4.69) is 0 Å². The quantitative estimate of drug-likeness (QED) is 0.795. The second-order valence-electron chi connectivity index (χ2n) is 6.09. The van der Waals surface area contributed by atoms with E-state index in [-0.39, 0.29) is 5.91 Å². The van der Waals surface area contributed by atoms with E-state index >= 15 is 0 Å². The van der Waals surface area contributed by atoms with Crippen LogP contribution in [0.15, 0.2) is 48.5 Å². The van der Waals surface area contributed by atoms with Gasteiger partial charge in [-0.1, -0.05) is 29.8 Å². The third-order valence-corrected chi connectivity index (χ3v) is 3.62. The van der Waals surface area contributed by atoms with E-state index in [1.165, 1.54) is 0 Å². The van der Waals surface area contributed by atoms with E-state index < -0.39 is 5.60 Å². The van der Waals surface area contributed by atoms with Crippen molar-refractivity contribution in [3.05, 3.63) is 59.7 Å². The van der Waals surface area contributed by atoms with Crippen molar-refractivity contribution in [1.82, 2.24) is 0 Å². The summed E-state index contributed by atoms with van der Waals surface area (Å²) in [5.41, 5.74) is 2.29. The van der Waals surface area contributed by atoms with Gasteiger partial charge in [-0.15, -0.1) is 0 Å². The van der Waals surface area contributed by atoms with Crippen LogP contribution < -0.4 is 9.64 Å². The number of para-hydroxylation sites is 2. The molecule has 0 N–H and O–H groups in total. The number of aryl methyl sites for hydroxylation is 1. The van der Waals surface area contributed by atoms with Crippen LogP contribution in [-0.2, 0) is 0 Å². The lowest BCUT2D eigenvalue weighted by atomic mass is 10.0. The van der Waals surface area contributed by atoms with Crippen LogP contribution in [0.4, 0.5) is 5.69 Å². The summed E-state index contributed by atoms with van der Waals surface area (Å²) in [6, 6.07) is 15.4. The van der Waals surface area contributed by atoms with Gasteiger partial charge in [-0.2, -0.15) is 0 Å². The zero-order valence-corrected chi connectivity index (χ0v) is 12.6. The summed E-state index contributed by atoms with van der Waals surface area (Å²) < 4.78 is 5.96. The normalized spacial score (nSPS) is 16.0. The predicted molar refractivity (Wildman–Crippen MR) is 84.0 cm³/mol. The first-order valence-corrected chi connectivity index (χ1v) is 7.13. The Bertz CT molecular complexity index is 674. The van der Waals surface area contributed by atoms with Crippen molar-refractivity contribution in [2.24, 2.45) is 0 Å². The van der Waals surface area contributed by atoms with Crippen LogP contribution in [0.2, 0.25) is 0 Å². The van der Waals surface area contributed by atoms with E-state index in [1.807, 2.05) is 74.2 Å². The van der Waals surface area contributed by atoms with Crippen molar-refractivity contribution in [1.29, 1.82) is 0 Å². The van der Waals surface area contributed by atoms with Gasteiger partial charge in [0.25, 0.3) is 5.91 Å². The SMILES string of the molecule is Cc1ccc(C(=O)N2CC(C)(C)Oc3ccccc32)cc1. The Labute approximate surface area is 125 Å². The summed E-state index contributed by atoms with van der Waals surface area (Å²) in [6.07, 6.45) is 0. The van der Waals surface area contributed by atoms with Crippen molar-refractivity contribution in [3.63, 3.8) is 0 Å². The first-order chi connectivity index (χ1) is 9.96. The molecule has 3 nitrogen and oxygen atoms in total. The number of nitrogens with zero attached hydrogens (tertiary/aromatic N) is 1. The monoisotopic (exact) mass is 281 g/mol. The molecule has 0 unspecified atom stereocenters. The molecule has 3 heteroatoms. The molecule has 1 heterocycles. The van der Waals surface area contributed by atoms with Crippen molar-refractivity contribution < 1.29 is 9.53 Å². The number of hydrogen-bond donors (Lipinski definition) is 0. The average molecular weight is 281 g/mol. The standard InChI is InChI=1S/C18H19NO2/c1-13-8-10-14(11-9-13)17(20)19-12-18(2,3)21-16-7-5-4-6-15(16)19/h4-11H,12H2,1-3H3. The maximum Gasteiger partial charge on any atom is 0.258 e. The van der Waals surface area contributed by atoms with E-state index in [1.54, 1.807) is 0 Å². The second-order valence-corrected chi connectivity index (χ2v) is 6.09. The molecule has 1 amide bonds. The van der Waals surface area contributed by atoms with Crippen LogP contribution in [0.25, 0.3) is 0 Å². The lowest BCUT2D eigenvalue weighted by Crippen LogP contribution is -2.49. The number of carbonyl (C=O) groups excluding carboxylic acids is 1. The van der Waals surface area contributed by atoms with Gasteiger partial charge in [0.1, 0.15) is 11.4 Å². The first-order valence-electron chi connectivity index (χ1n) is 7.13. The Hall–Kier alpha value is -2.29. The summed E-state index contributed by atoms with van der Waals surface area (Å²) in [6.45, 7) is 6.55. The number of rotatable bonds is 1. The molecule has 0 radical (unpaired) electrons. The molecule has 1 aliphatic heterocycles. The second kappa shape index (κ2) is 4.92. The Balaban J connectivity index is 2.01. The zero-order valence-electron chi connectivity index (χ0n) is 12.6. The molecular weight excluding hydrogens is 262 g/mol. The number of benzene rings is 2. The molecule has 0 fully saturated rings. The number of carbonyl (C=O) groups is 1. The molecule has 3 rings (SSSR count). The number of anilines is 1. The van der Waals surface area contributed by atoms with Gasteiger partial charge in [-0.05, 0) is 45.0 Å². The van der Waals surface area contributed by atoms with Crippen molar-refractivity contribution in [2.75, 3.05) is 11.4 Å². The molecule has 0 bridgehead atoms. The summed E-state index contributed by atoms with van der Waals surface area (Å²) in [7, 11) is 0. The Morgan fingerprint density at radius 3 is 2.48 bits per heavy atom. The van der Waals surface area contributed by atoms with E-state index in [0.717, 1.165) is 17.0 Å². The summed E-state index contributed by atoms with van der Waals surface area (Å²) in [5, 5.41) is 0. The molecule has 0 aromatic heterocycles. The smallest absolute Gasteiger partial charge is 0.258 e. The van der Waals surface area contributed by atoms with Crippen LogP contribution in [-0.4, -0.2) is 18.1 Å². The lowest BCUT2D eigenvalue weighted by Gasteiger charge is -2.39. The van der Waals surface area contributed by atoms with Gasteiger partial charge in [-0.25, -0.2) is 0 Å². The number of amides is 1. The molecule has 0 saturated heterocycles. The molecule has 1 aliphatic rings. The van der Waals surface area contributed by atoms with E-state index in [9.17, 15) is 4.79 Å². The molecule has 0 saturated carbocycles. The van der Waals surface area contributed by atoms with Gasteiger partial charge >= 0.3 is 0 Å². The highest BCUT2D eigenvalue weighted by atomic mass is 16.5. The molecule has 21 heavy (non-hydrogen) atoms. The van der Waals surface area contributed by atoms with Crippen LogP contribution in [0, 0.1) is 6.92 Å². The molecule has 0 atom stereocenters. The Morgan fingerprint density at radius 2 is 1.76 bits per heavy atom. The van der Waals surface area contributed by atoms with Crippen molar-refractivity contribution >= 4 is 11.6 Å². The maximum absolute atomic E-state index is 12.8. The van der Waals surface area contributed by atoms with Crippen LogP contribution >= 0.6 is 0 Å². The molecule has 108 valence electrons. The highest BCUT2D eigenvalue weighted by molar-refractivity contribution is 6.07. The van der Waals surface area contributed by atoms with Crippen LogP contribution in [0.5, 0.6) is 5.75 Å². The summed E-state index contributed by atoms with van der Waals surface area (Å²) in [5.74, 6) is 0.771. The van der Waals surface area contributed by atoms with Crippen LogP contribution in [0.3, 0.4) is 0 Å². The van der Waals surface area contributed by atoms with Gasteiger partial charge < -0.3 is 9.64 Å². The first kappa shape index (κ1) is 13.7. The molecule has 0 spiro atoms. The number of fused-ring (bicyclic) bond motifs is 1.